The molecule has 160 valence electrons. The van der Waals surface area contributed by atoms with Gasteiger partial charge in [0.2, 0.25) is 0 Å². The van der Waals surface area contributed by atoms with Gasteiger partial charge in [-0.15, -0.1) is 0 Å². The van der Waals surface area contributed by atoms with Crippen molar-refractivity contribution in [3.63, 3.8) is 0 Å². The van der Waals surface area contributed by atoms with E-state index in [0.29, 0.717) is 29.4 Å². The molecule has 0 radical (unpaired) electrons. The van der Waals surface area contributed by atoms with E-state index >= 15 is 0 Å². The van der Waals surface area contributed by atoms with Crippen molar-refractivity contribution >= 4 is 5.57 Å². The molecule has 6 nitrogen and oxygen atoms in total. The molecule has 0 bridgehead atoms. The third-order valence-corrected chi connectivity index (χ3v) is 5.40. The maximum absolute atomic E-state index is 6.25. The quantitative estimate of drug-likeness (QED) is 0.634. The summed E-state index contributed by atoms with van der Waals surface area (Å²) in [6.45, 7) is 0. The van der Waals surface area contributed by atoms with Crippen LogP contribution in [-0.4, -0.2) is 42.7 Å². The molecule has 0 saturated carbocycles. The topological polar surface area (TPSA) is 55.4 Å². The lowest BCUT2D eigenvalue weighted by molar-refractivity contribution is 0.0215. The summed E-state index contributed by atoms with van der Waals surface area (Å²) in [5.74, 6) is 3.14. The van der Waals surface area contributed by atoms with Gasteiger partial charge in [-0.3, -0.25) is 0 Å². The lowest BCUT2D eigenvalue weighted by Crippen LogP contribution is -2.34. The zero-order valence-electron chi connectivity index (χ0n) is 18.3. The van der Waals surface area contributed by atoms with Crippen LogP contribution >= 0.6 is 0 Å². The molecular weight excluding hydrogens is 384 g/mol. The molecule has 3 rings (SSSR count). The van der Waals surface area contributed by atoms with Crippen molar-refractivity contribution in [3.8, 4) is 17.2 Å². The molecule has 0 aliphatic heterocycles. The Morgan fingerprint density at radius 3 is 1.83 bits per heavy atom. The summed E-state index contributed by atoms with van der Waals surface area (Å²) < 4.78 is 34.6. The fourth-order valence-electron chi connectivity index (χ4n) is 3.92. The Bertz CT molecular complexity index is 922. The van der Waals surface area contributed by atoms with Crippen LogP contribution in [0.3, 0.4) is 0 Å². The molecule has 2 aromatic carbocycles. The van der Waals surface area contributed by atoms with Gasteiger partial charge in [-0.2, -0.15) is 0 Å². The van der Waals surface area contributed by atoms with Crippen molar-refractivity contribution in [2.45, 2.75) is 12.0 Å². The summed E-state index contributed by atoms with van der Waals surface area (Å²) in [4.78, 5) is 0. The van der Waals surface area contributed by atoms with Crippen molar-refractivity contribution in [1.29, 1.82) is 0 Å². The zero-order valence-corrected chi connectivity index (χ0v) is 18.3. The maximum Gasteiger partial charge on any atom is 0.134 e. The molecule has 1 atom stereocenters. The summed E-state index contributed by atoms with van der Waals surface area (Å²) in [5, 5.41) is 0. The van der Waals surface area contributed by atoms with Crippen LogP contribution < -0.4 is 14.2 Å². The smallest absolute Gasteiger partial charge is 0.134 e. The second-order valence-electron chi connectivity index (χ2n) is 6.74. The van der Waals surface area contributed by atoms with E-state index in [9.17, 15) is 0 Å². The molecule has 0 aromatic heterocycles. The summed E-state index contributed by atoms with van der Waals surface area (Å²) in [6, 6.07) is 13.6. The first-order valence-corrected chi connectivity index (χ1v) is 9.52. The van der Waals surface area contributed by atoms with Crippen LogP contribution in [0.2, 0.25) is 0 Å². The minimum atomic E-state index is -0.887. The molecule has 0 saturated heterocycles. The van der Waals surface area contributed by atoms with Crippen LogP contribution in [0.5, 0.6) is 17.2 Å². The molecule has 30 heavy (non-hydrogen) atoms. The second kappa shape index (κ2) is 9.13. The highest BCUT2D eigenvalue weighted by Crippen LogP contribution is 2.53. The lowest BCUT2D eigenvalue weighted by Gasteiger charge is -2.40. The van der Waals surface area contributed by atoms with Gasteiger partial charge in [0.25, 0.3) is 0 Å². The van der Waals surface area contributed by atoms with Gasteiger partial charge in [-0.1, -0.05) is 30.3 Å². The number of hydrogen-bond acceptors (Lipinski definition) is 6. The van der Waals surface area contributed by atoms with Crippen LogP contribution in [-0.2, 0) is 19.8 Å². The highest BCUT2D eigenvalue weighted by molar-refractivity contribution is 5.85. The number of methoxy groups -OCH3 is 6. The summed E-state index contributed by atoms with van der Waals surface area (Å²) in [7, 11) is 9.77. The van der Waals surface area contributed by atoms with Gasteiger partial charge in [0.1, 0.15) is 34.4 Å². The van der Waals surface area contributed by atoms with Gasteiger partial charge in [-0.25, -0.2) is 0 Å². The van der Waals surface area contributed by atoms with E-state index in [0.717, 1.165) is 22.5 Å². The third kappa shape index (κ3) is 3.59. The summed E-state index contributed by atoms with van der Waals surface area (Å²) in [5.41, 5.74) is 1.59. The Morgan fingerprint density at radius 2 is 1.37 bits per heavy atom. The average Bonchev–Trinajstić information content (AvgIpc) is 2.82. The predicted molar refractivity (Wildman–Crippen MR) is 115 cm³/mol. The highest BCUT2D eigenvalue weighted by atomic mass is 16.5. The molecule has 6 heteroatoms. The average molecular weight is 412 g/mol. The number of allylic oxidation sites excluding steroid dienone is 1. The van der Waals surface area contributed by atoms with E-state index in [2.05, 4.69) is 0 Å². The Hall–Kier alpha value is -3.12. The van der Waals surface area contributed by atoms with Gasteiger partial charge in [-0.05, 0) is 5.56 Å². The first-order valence-electron chi connectivity index (χ1n) is 9.52. The van der Waals surface area contributed by atoms with E-state index in [1.807, 2.05) is 48.5 Å². The molecule has 1 aliphatic rings. The molecule has 2 aromatic rings. The van der Waals surface area contributed by atoms with Crippen molar-refractivity contribution < 1.29 is 28.4 Å². The lowest BCUT2D eigenvalue weighted by atomic mass is 9.75. The minimum Gasteiger partial charge on any atom is -0.501 e. The molecule has 0 fully saturated rings. The van der Waals surface area contributed by atoms with Crippen molar-refractivity contribution in [2.75, 3.05) is 42.7 Å². The normalized spacial score (nSPS) is 18.5. The standard InChI is InChI=1S/C24H28O6/c1-25-17-12-19(27-3)22(20(13-17)28-4)23-21(29-5)14-18(26-2)15-24(23,30-6)16-10-8-7-9-11-16/h7-14H,15H2,1-6H3. The van der Waals surface area contributed by atoms with Crippen molar-refractivity contribution in [2.24, 2.45) is 0 Å². The fraction of sp³-hybridized carbons (Fsp3) is 0.333. The molecule has 0 N–H and O–H groups in total. The van der Waals surface area contributed by atoms with E-state index in [1.54, 1.807) is 42.7 Å². The van der Waals surface area contributed by atoms with Crippen LogP contribution in [0.25, 0.3) is 5.57 Å². The second-order valence-corrected chi connectivity index (χ2v) is 6.74. The van der Waals surface area contributed by atoms with Gasteiger partial charge < -0.3 is 28.4 Å². The third-order valence-electron chi connectivity index (χ3n) is 5.40. The first-order chi connectivity index (χ1) is 14.6. The Balaban J connectivity index is 2.43. The number of ether oxygens (including phenoxy) is 6. The predicted octanol–water partition coefficient (Wildman–Crippen LogP) is 4.55. The number of rotatable bonds is 8. The van der Waals surface area contributed by atoms with Gasteiger partial charge in [0.05, 0.1) is 41.1 Å². The van der Waals surface area contributed by atoms with Gasteiger partial charge >= 0.3 is 0 Å². The Kier molecular flexibility index (Phi) is 6.57. The maximum atomic E-state index is 6.25. The van der Waals surface area contributed by atoms with Crippen LogP contribution in [0.1, 0.15) is 17.5 Å². The molecule has 0 amide bonds. The van der Waals surface area contributed by atoms with E-state index in [-0.39, 0.29) is 0 Å². The van der Waals surface area contributed by atoms with Crippen molar-refractivity contribution in [3.05, 3.63) is 71.2 Å². The SMILES string of the molecule is COC1=CC(OC)=C(c2c(OC)cc(OC)cc2OC)C(OC)(c2ccccc2)C1. The van der Waals surface area contributed by atoms with Crippen LogP contribution in [0, 0.1) is 0 Å². The zero-order chi connectivity index (χ0) is 21.7. The van der Waals surface area contributed by atoms with Gasteiger partial charge in [0, 0.05) is 37.3 Å². The molecule has 0 spiro atoms. The van der Waals surface area contributed by atoms with Crippen molar-refractivity contribution in [1.82, 2.24) is 0 Å². The van der Waals surface area contributed by atoms with Crippen LogP contribution in [0.15, 0.2) is 60.1 Å². The largest absolute Gasteiger partial charge is 0.501 e. The number of benzene rings is 2. The molecule has 1 unspecified atom stereocenters. The van der Waals surface area contributed by atoms with Crippen LogP contribution in [0.4, 0.5) is 0 Å². The highest BCUT2D eigenvalue weighted by Gasteiger charge is 2.45. The molecule has 1 aliphatic carbocycles. The minimum absolute atomic E-state index is 0.477. The first kappa shape index (κ1) is 21.6. The summed E-state index contributed by atoms with van der Waals surface area (Å²) >= 11 is 0. The van der Waals surface area contributed by atoms with Gasteiger partial charge in [0.15, 0.2) is 0 Å². The molecular formula is C24H28O6. The Morgan fingerprint density at radius 1 is 0.733 bits per heavy atom. The number of hydrogen-bond donors (Lipinski definition) is 0. The monoisotopic (exact) mass is 412 g/mol. The molecule has 0 heterocycles. The van der Waals surface area contributed by atoms with E-state index < -0.39 is 5.60 Å². The Labute approximate surface area is 177 Å². The summed E-state index contributed by atoms with van der Waals surface area (Å²) in [6.07, 6.45) is 2.35. The van der Waals surface area contributed by atoms with E-state index in [1.165, 1.54) is 0 Å². The fourth-order valence-corrected chi connectivity index (χ4v) is 3.92. The van der Waals surface area contributed by atoms with E-state index in [4.69, 9.17) is 28.4 Å².